The van der Waals surface area contributed by atoms with Gasteiger partial charge in [-0.25, -0.2) is 4.79 Å². The van der Waals surface area contributed by atoms with E-state index in [1.165, 1.54) is 14.2 Å². The van der Waals surface area contributed by atoms with Crippen molar-refractivity contribution in [3.05, 3.63) is 46.3 Å². The van der Waals surface area contributed by atoms with Gasteiger partial charge in [0.05, 0.1) is 39.4 Å². The number of ether oxygens (including phenoxy) is 4. The fourth-order valence-corrected chi connectivity index (χ4v) is 4.59. The van der Waals surface area contributed by atoms with Crippen LogP contribution < -0.4 is 14.8 Å². The third-order valence-electron chi connectivity index (χ3n) is 6.15. The minimum absolute atomic E-state index is 0.254. The van der Waals surface area contributed by atoms with Gasteiger partial charge < -0.3 is 24.3 Å². The molecule has 3 atom stereocenters. The number of methoxy groups -OCH3 is 3. The molecule has 1 aromatic rings. The first-order chi connectivity index (χ1) is 15.8. The molecule has 1 aromatic carbocycles. The van der Waals surface area contributed by atoms with Crippen molar-refractivity contribution in [1.82, 2.24) is 5.32 Å². The highest BCUT2D eigenvalue weighted by Gasteiger charge is 2.47. The lowest BCUT2D eigenvalue weighted by Gasteiger charge is -2.38. The van der Waals surface area contributed by atoms with E-state index in [9.17, 15) is 14.4 Å². The zero-order valence-corrected chi connectivity index (χ0v) is 19.9. The summed E-state index contributed by atoms with van der Waals surface area (Å²) in [6.45, 7) is 5.80. The molecule has 3 rings (SSSR count). The molecule has 0 spiro atoms. The largest absolute Gasteiger partial charge is 0.497 e. The summed E-state index contributed by atoms with van der Waals surface area (Å²) >= 11 is 0. The highest BCUT2D eigenvalue weighted by molar-refractivity contribution is 6.12. The lowest BCUT2D eigenvalue weighted by atomic mass is 9.69. The minimum Gasteiger partial charge on any atom is -0.497 e. The van der Waals surface area contributed by atoms with Crippen LogP contribution in [0.4, 0.5) is 0 Å². The lowest BCUT2D eigenvalue weighted by Crippen LogP contribution is -2.43. The van der Waals surface area contributed by atoms with Crippen LogP contribution in [0.3, 0.4) is 0 Å². The van der Waals surface area contributed by atoms with Gasteiger partial charge in [-0.05, 0) is 31.7 Å². The first-order valence-corrected chi connectivity index (χ1v) is 11.0. The topological polar surface area (TPSA) is 100 Å². The third-order valence-corrected chi connectivity index (χ3v) is 6.15. The van der Waals surface area contributed by atoms with Gasteiger partial charge in [-0.3, -0.25) is 9.59 Å². The van der Waals surface area contributed by atoms with Gasteiger partial charge in [0.25, 0.3) is 0 Å². The number of rotatable bonds is 7. The summed E-state index contributed by atoms with van der Waals surface area (Å²) < 4.78 is 21.3. The molecule has 1 aliphatic carbocycles. The van der Waals surface area contributed by atoms with Crippen LogP contribution in [-0.2, 0) is 23.9 Å². The molecule has 0 saturated heterocycles. The normalized spacial score (nSPS) is 22.4. The average molecular weight is 458 g/mol. The second kappa shape index (κ2) is 10.1. The van der Waals surface area contributed by atoms with Gasteiger partial charge in [-0.15, -0.1) is 0 Å². The fraction of sp³-hybridized carbons (Fsp3) is 0.480. The number of esters is 2. The summed E-state index contributed by atoms with van der Waals surface area (Å²) in [6, 6.07) is 5.23. The summed E-state index contributed by atoms with van der Waals surface area (Å²) in [5.74, 6) is -2.39. The zero-order valence-electron chi connectivity index (χ0n) is 19.9. The summed E-state index contributed by atoms with van der Waals surface area (Å²) in [4.78, 5) is 39.4. The number of benzene rings is 1. The molecule has 1 heterocycles. The van der Waals surface area contributed by atoms with E-state index in [2.05, 4.69) is 5.32 Å². The SMILES string of the molecule is CCCOC(=O)C1=C(C)NC2=C(C(=O)[C@@H](C(=O)OC)[C@@H](C)C2)[C@@H]1c1ccc(OC)cc1OC. The number of Topliss-reactive ketones (excluding diaryl/α,β-unsaturated/α-hetero) is 1. The number of allylic oxidation sites excluding steroid dienone is 3. The summed E-state index contributed by atoms with van der Waals surface area (Å²) in [7, 11) is 4.33. The Balaban J connectivity index is 2.23. The van der Waals surface area contributed by atoms with Crippen LogP contribution in [0.1, 0.15) is 45.1 Å². The van der Waals surface area contributed by atoms with E-state index in [1.807, 2.05) is 13.8 Å². The molecule has 1 aliphatic heterocycles. The minimum atomic E-state index is -0.950. The predicted octanol–water partition coefficient (Wildman–Crippen LogP) is 3.27. The van der Waals surface area contributed by atoms with Crippen molar-refractivity contribution in [3.63, 3.8) is 0 Å². The Kier molecular flexibility index (Phi) is 7.46. The maximum absolute atomic E-state index is 13.7. The molecular formula is C25H31NO7. The Hall–Kier alpha value is -3.29. The molecular weight excluding hydrogens is 426 g/mol. The highest BCUT2D eigenvalue weighted by Crippen LogP contribution is 2.48. The number of dihydropyridines is 1. The summed E-state index contributed by atoms with van der Waals surface area (Å²) in [5.41, 5.74) is 2.59. The van der Waals surface area contributed by atoms with E-state index in [4.69, 9.17) is 18.9 Å². The van der Waals surface area contributed by atoms with Crippen molar-refractivity contribution in [1.29, 1.82) is 0 Å². The highest BCUT2D eigenvalue weighted by atomic mass is 16.5. The van der Waals surface area contributed by atoms with Crippen molar-refractivity contribution in [2.45, 2.75) is 39.5 Å². The number of carbonyl (C=O) groups is 3. The zero-order chi connectivity index (χ0) is 24.3. The molecule has 0 bridgehead atoms. The van der Waals surface area contributed by atoms with Gasteiger partial charge >= 0.3 is 11.9 Å². The number of carbonyl (C=O) groups excluding carboxylic acids is 3. The van der Waals surface area contributed by atoms with Gasteiger partial charge in [0.15, 0.2) is 5.78 Å². The van der Waals surface area contributed by atoms with Crippen LogP contribution >= 0.6 is 0 Å². The van der Waals surface area contributed by atoms with Crippen LogP contribution in [0, 0.1) is 11.8 Å². The van der Waals surface area contributed by atoms with E-state index >= 15 is 0 Å². The lowest BCUT2D eigenvalue weighted by molar-refractivity contribution is -0.151. The van der Waals surface area contributed by atoms with Crippen molar-refractivity contribution in [2.24, 2.45) is 11.8 Å². The quantitative estimate of drug-likeness (QED) is 0.492. The Labute approximate surface area is 193 Å². The molecule has 178 valence electrons. The number of nitrogens with one attached hydrogen (secondary N) is 1. The second-order valence-electron chi connectivity index (χ2n) is 8.28. The predicted molar refractivity (Wildman–Crippen MR) is 121 cm³/mol. The molecule has 0 radical (unpaired) electrons. The maximum atomic E-state index is 13.7. The summed E-state index contributed by atoms with van der Waals surface area (Å²) in [5, 5.41) is 3.24. The monoisotopic (exact) mass is 457 g/mol. The van der Waals surface area contributed by atoms with Crippen LogP contribution in [0.15, 0.2) is 40.7 Å². The van der Waals surface area contributed by atoms with Crippen LogP contribution in [0.25, 0.3) is 0 Å². The Bertz CT molecular complexity index is 1020. The second-order valence-corrected chi connectivity index (χ2v) is 8.28. The molecule has 0 amide bonds. The molecule has 33 heavy (non-hydrogen) atoms. The Morgan fingerprint density at radius 3 is 2.48 bits per heavy atom. The van der Waals surface area contributed by atoms with E-state index < -0.39 is 23.8 Å². The molecule has 0 unspecified atom stereocenters. The van der Waals surface area contributed by atoms with Gasteiger partial charge in [0.2, 0.25) is 0 Å². The van der Waals surface area contributed by atoms with Gasteiger partial charge in [0, 0.05) is 28.6 Å². The average Bonchev–Trinajstić information content (AvgIpc) is 2.80. The van der Waals surface area contributed by atoms with E-state index in [0.717, 1.165) is 0 Å². The summed E-state index contributed by atoms with van der Waals surface area (Å²) in [6.07, 6.45) is 1.13. The Morgan fingerprint density at radius 2 is 1.88 bits per heavy atom. The van der Waals surface area contributed by atoms with Crippen LogP contribution in [-0.4, -0.2) is 45.7 Å². The maximum Gasteiger partial charge on any atom is 0.336 e. The van der Waals surface area contributed by atoms with E-state index in [1.54, 1.807) is 32.2 Å². The molecule has 0 fully saturated rings. The Morgan fingerprint density at radius 1 is 1.15 bits per heavy atom. The molecule has 0 saturated carbocycles. The molecule has 1 N–H and O–H groups in total. The first-order valence-electron chi connectivity index (χ1n) is 11.0. The van der Waals surface area contributed by atoms with Gasteiger partial charge in [-0.1, -0.05) is 19.9 Å². The number of hydrogen-bond acceptors (Lipinski definition) is 8. The van der Waals surface area contributed by atoms with Crippen LogP contribution in [0.2, 0.25) is 0 Å². The van der Waals surface area contributed by atoms with Crippen molar-refractivity contribution >= 4 is 17.7 Å². The van der Waals surface area contributed by atoms with E-state index in [0.29, 0.717) is 52.4 Å². The number of ketones is 1. The van der Waals surface area contributed by atoms with Gasteiger partial charge in [-0.2, -0.15) is 0 Å². The molecule has 2 aliphatic rings. The van der Waals surface area contributed by atoms with Crippen molar-refractivity contribution in [3.8, 4) is 11.5 Å². The molecule has 8 heteroatoms. The van der Waals surface area contributed by atoms with Crippen molar-refractivity contribution < 1.29 is 33.3 Å². The third kappa shape index (κ3) is 4.47. The van der Waals surface area contributed by atoms with Crippen molar-refractivity contribution in [2.75, 3.05) is 27.9 Å². The smallest absolute Gasteiger partial charge is 0.336 e. The molecule has 0 aromatic heterocycles. The standard InChI is InChI=1S/C25H31NO7/c1-7-10-33-25(29)20-14(3)26-17-11-13(2)19(24(28)32-6)23(27)22(17)21(20)16-9-8-15(30-4)12-18(16)31-5/h8-9,12-13,19,21,26H,7,10-11H2,1-6H3/t13-,19-,21+/m0/s1. The van der Waals surface area contributed by atoms with Crippen LogP contribution in [0.5, 0.6) is 11.5 Å². The van der Waals surface area contributed by atoms with E-state index in [-0.39, 0.29) is 18.3 Å². The first kappa shape index (κ1) is 24.4. The van der Waals surface area contributed by atoms with Gasteiger partial charge in [0.1, 0.15) is 17.4 Å². The molecule has 8 nitrogen and oxygen atoms in total. The fourth-order valence-electron chi connectivity index (χ4n) is 4.59. The number of hydrogen-bond donors (Lipinski definition) is 1.